The highest BCUT2D eigenvalue weighted by Crippen LogP contribution is 2.35. The number of aromatic amines is 2. The van der Waals surface area contributed by atoms with Gasteiger partial charge in [-0.05, 0) is 66.8 Å². The fourth-order valence-electron chi connectivity index (χ4n) is 7.37. The molecule has 2 aliphatic rings. The minimum absolute atomic E-state index is 0.0229. The molecule has 0 aliphatic carbocycles. The van der Waals surface area contributed by atoms with E-state index in [1.165, 1.54) is 7.11 Å². The number of ether oxygens (including phenoxy) is 1. The third kappa shape index (κ3) is 7.68. The van der Waals surface area contributed by atoms with Crippen molar-refractivity contribution in [1.82, 2.24) is 45.0 Å². The van der Waals surface area contributed by atoms with Crippen molar-refractivity contribution in [2.45, 2.75) is 70.6 Å². The summed E-state index contributed by atoms with van der Waals surface area (Å²) in [4.78, 5) is 67.1. The van der Waals surface area contributed by atoms with Crippen molar-refractivity contribution < 1.29 is 19.1 Å². The van der Waals surface area contributed by atoms with Crippen molar-refractivity contribution in [2.24, 2.45) is 5.92 Å². The molecule has 4 N–H and O–H groups in total. The highest BCUT2D eigenvalue weighted by molar-refractivity contribution is 5.86. The standard InChI is InChI=1S/C40H46N10O4/c1-24(2)34(48-39-41-18-7-19-42-39)38(52)50-21-6-9-33(50)36-44-23-31(47-36)29-16-12-27(13-17-29)26-10-14-28(15-11-26)30-22-43-35(46-30)32-8-5-20-49(32)37(51)25(3)45-40(53)54-4/h7,10-19,22-25,32-34H,5-6,8-9,20-21H2,1-4H3,(H,43,46)(H,44,47)(H,45,53)(H,41,42,48)/t25-,32-,33-,34-/m0/s1. The molecule has 3 amide bonds. The number of alkyl carbamates (subject to hydrolysis) is 1. The average molecular weight is 731 g/mol. The summed E-state index contributed by atoms with van der Waals surface area (Å²) in [7, 11) is 1.28. The number of methoxy groups -OCH3 is 1. The van der Waals surface area contributed by atoms with Crippen molar-refractivity contribution in [3.63, 3.8) is 0 Å². The molecule has 2 aliphatic heterocycles. The van der Waals surface area contributed by atoms with Gasteiger partial charge in [-0.15, -0.1) is 0 Å². The van der Waals surface area contributed by atoms with E-state index >= 15 is 0 Å². The number of nitrogens with one attached hydrogen (secondary N) is 4. The van der Waals surface area contributed by atoms with Crippen LogP contribution < -0.4 is 10.6 Å². The third-order valence-corrected chi connectivity index (χ3v) is 10.3. The maximum absolute atomic E-state index is 13.8. The zero-order valence-corrected chi connectivity index (χ0v) is 31.0. The number of hydrogen-bond donors (Lipinski definition) is 4. The van der Waals surface area contributed by atoms with Gasteiger partial charge >= 0.3 is 6.09 Å². The summed E-state index contributed by atoms with van der Waals surface area (Å²) in [6.45, 7) is 6.98. The number of hydrogen-bond acceptors (Lipinski definition) is 9. The number of rotatable bonds is 11. The number of anilines is 1. The van der Waals surface area contributed by atoms with Gasteiger partial charge in [0.1, 0.15) is 23.7 Å². The first kappa shape index (κ1) is 36.3. The van der Waals surface area contributed by atoms with Crippen LogP contribution >= 0.6 is 0 Å². The molecule has 0 bridgehead atoms. The number of carbonyl (C=O) groups is 3. The molecule has 0 radical (unpaired) electrons. The predicted octanol–water partition coefficient (Wildman–Crippen LogP) is 6.13. The number of likely N-dealkylation sites (tertiary alicyclic amines) is 2. The molecular weight excluding hydrogens is 685 g/mol. The van der Waals surface area contributed by atoms with Gasteiger partial charge in [0.05, 0.1) is 43.0 Å². The molecule has 280 valence electrons. The van der Waals surface area contributed by atoms with Crippen molar-refractivity contribution in [2.75, 3.05) is 25.5 Å². The van der Waals surface area contributed by atoms with Crippen LogP contribution in [0, 0.1) is 5.92 Å². The fraction of sp³-hybridized carbons (Fsp3) is 0.375. The van der Waals surface area contributed by atoms with E-state index in [1.54, 1.807) is 36.5 Å². The second-order valence-electron chi connectivity index (χ2n) is 14.2. The lowest BCUT2D eigenvalue weighted by molar-refractivity contribution is -0.134. The summed E-state index contributed by atoms with van der Waals surface area (Å²) < 4.78 is 4.65. The second-order valence-corrected chi connectivity index (χ2v) is 14.2. The van der Waals surface area contributed by atoms with Crippen molar-refractivity contribution in [1.29, 1.82) is 0 Å². The maximum atomic E-state index is 13.8. The molecule has 5 heterocycles. The lowest BCUT2D eigenvalue weighted by atomic mass is 10.0. The lowest BCUT2D eigenvalue weighted by Gasteiger charge is -2.30. The molecule has 14 heteroatoms. The Balaban J connectivity index is 0.993. The second kappa shape index (κ2) is 15.9. The molecular formula is C40H46N10O4. The molecule has 2 saturated heterocycles. The van der Waals surface area contributed by atoms with E-state index < -0.39 is 18.2 Å². The molecule has 2 aromatic carbocycles. The van der Waals surface area contributed by atoms with Crippen LogP contribution in [0.25, 0.3) is 33.6 Å². The van der Waals surface area contributed by atoms with E-state index in [0.29, 0.717) is 19.0 Å². The average Bonchev–Trinajstić information content (AvgIpc) is 4.03. The summed E-state index contributed by atoms with van der Waals surface area (Å²) >= 11 is 0. The molecule has 54 heavy (non-hydrogen) atoms. The molecule has 3 aromatic heterocycles. The summed E-state index contributed by atoms with van der Waals surface area (Å²) in [6, 6.07) is 16.9. The summed E-state index contributed by atoms with van der Waals surface area (Å²) in [5.41, 5.74) is 5.91. The minimum atomic E-state index is -0.700. The Morgan fingerprint density at radius 1 is 0.722 bits per heavy atom. The highest BCUT2D eigenvalue weighted by Gasteiger charge is 2.37. The quantitative estimate of drug-likeness (QED) is 0.125. The summed E-state index contributed by atoms with van der Waals surface area (Å²) in [6.07, 6.45) is 9.73. The van der Waals surface area contributed by atoms with E-state index in [0.717, 1.165) is 71.0 Å². The van der Waals surface area contributed by atoms with Crippen LogP contribution in [0.2, 0.25) is 0 Å². The summed E-state index contributed by atoms with van der Waals surface area (Å²) in [5, 5.41) is 5.80. The van der Waals surface area contributed by atoms with Gasteiger partial charge in [-0.2, -0.15) is 0 Å². The Bertz CT molecular complexity index is 2060. The minimum Gasteiger partial charge on any atom is -0.453 e. The Morgan fingerprint density at radius 3 is 1.69 bits per heavy atom. The number of benzene rings is 2. The Morgan fingerprint density at radius 2 is 1.20 bits per heavy atom. The van der Waals surface area contributed by atoms with Gasteiger partial charge in [-0.25, -0.2) is 24.7 Å². The number of H-pyrrole nitrogens is 2. The van der Waals surface area contributed by atoms with Crippen molar-refractivity contribution in [3.8, 4) is 33.6 Å². The van der Waals surface area contributed by atoms with E-state index in [4.69, 9.17) is 4.98 Å². The predicted molar refractivity (Wildman–Crippen MR) is 204 cm³/mol. The van der Waals surface area contributed by atoms with Crippen LogP contribution in [-0.4, -0.2) is 89.9 Å². The molecule has 0 spiro atoms. The molecule has 7 rings (SSSR count). The summed E-state index contributed by atoms with van der Waals surface area (Å²) in [5.74, 6) is 1.86. The zero-order chi connectivity index (χ0) is 37.8. The molecule has 0 saturated carbocycles. The molecule has 14 nitrogen and oxygen atoms in total. The van der Waals surface area contributed by atoms with Gasteiger partial charge in [-0.1, -0.05) is 62.4 Å². The van der Waals surface area contributed by atoms with E-state index in [9.17, 15) is 14.4 Å². The normalized spacial score (nSPS) is 18.1. The topological polar surface area (TPSA) is 174 Å². The van der Waals surface area contributed by atoms with Gasteiger partial charge in [0.2, 0.25) is 17.8 Å². The van der Waals surface area contributed by atoms with Gasteiger partial charge in [-0.3, -0.25) is 9.59 Å². The van der Waals surface area contributed by atoms with Crippen molar-refractivity contribution >= 4 is 23.9 Å². The first-order valence-corrected chi connectivity index (χ1v) is 18.5. The smallest absolute Gasteiger partial charge is 0.407 e. The van der Waals surface area contributed by atoms with Crippen LogP contribution in [0.15, 0.2) is 79.4 Å². The number of aromatic nitrogens is 6. The first-order valence-electron chi connectivity index (χ1n) is 18.5. The molecule has 4 atom stereocenters. The van der Waals surface area contributed by atoms with Gasteiger partial charge < -0.3 is 35.1 Å². The monoisotopic (exact) mass is 730 g/mol. The van der Waals surface area contributed by atoms with Crippen molar-refractivity contribution in [3.05, 3.63) is 91.0 Å². The Labute approximate surface area is 314 Å². The van der Waals surface area contributed by atoms with Crippen LogP contribution in [0.1, 0.15) is 70.2 Å². The number of nitrogens with zero attached hydrogens (tertiary/aromatic N) is 6. The molecule has 0 unspecified atom stereocenters. The van der Waals surface area contributed by atoms with Gasteiger partial charge in [0.15, 0.2) is 0 Å². The van der Waals surface area contributed by atoms with E-state index in [2.05, 4.69) is 88.8 Å². The lowest BCUT2D eigenvalue weighted by Crippen LogP contribution is -2.46. The number of amides is 3. The van der Waals surface area contributed by atoms with E-state index in [1.807, 2.05) is 24.9 Å². The van der Waals surface area contributed by atoms with Crippen LogP contribution in [-0.2, 0) is 14.3 Å². The Kier molecular flexibility index (Phi) is 10.7. The largest absolute Gasteiger partial charge is 0.453 e. The Hall–Kier alpha value is -6.05. The van der Waals surface area contributed by atoms with Crippen LogP contribution in [0.5, 0.6) is 0 Å². The first-order chi connectivity index (χ1) is 26.2. The number of imidazole rings is 2. The zero-order valence-electron chi connectivity index (χ0n) is 31.0. The number of carbonyl (C=O) groups excluding carboxylic acids is 3. The molecule has 2 fully saturated rings. The van der Waals surface area contributed by atoms with Gasteiger partial charge in [0.25, 0.3) is 0 Å². The SMILES string of the molecule is COC(=O)N[C@@H](C)C(=O)N1CCC[C@H]1c1ncc(-c2ccc(-c3ccc(-c4cnc([C@@H]5CCCN5C(=O)[C@@H](Nc5ncccn5)C(C)C)[nH]4)cc3)cc2)[nH]1. The molecule has 5 aromatic rings. The third-order valence-electron chi connectivity index (χ3n) is 10.3. The van der Waals surface area contributed by atoms with Gasteiger partial charge in [0, 0.05) is 25.5 Å². The van der Waals surface area contributed by atoms with Crippen LogP contribution in [0.4, 0.5) is 10.7 Å². The highest BCUT2D eigenvalue weighted by atomic mass is 16.5. The fourth-order valence-corrected chi connectivity index (χ4v) is 7.37. The van der Waals surface area contributed by atoms with Crippen LogP contribution in [0.3, 0.4) is 0 Å². The maximum Gasteiger partial charge on any atom is 0.407 e. The van der Waals surface area contributed by atoms with E-state index in [-0.39, 0.29) is 29.8 Å².